The normalized spacial score (nSPS) is 11.8. The van der Waals surface area contributed by atoms with Gasteiger partial charge in [0, 0.05) is 6.07 Å². The maximum absolute atomic E-state index is 12.6. The van der Waals surface area contributed by atoms with E-state index < -0.39 is 11.9 Å². The van der Waals surface area contributed by atoms with Crippen LogP contribution in [-0.2, 0) is 6.18 Å². The van der Waals surface area contributed by atoms with Crippen molar-refractivity contribution in [3.63, 3.8) is 0 Å². The van der Waals surface area contributed by atoms with Crippen molar-refractivity contribution in [2.24, 2.45) is 0 Å². The molecule has 0 aromatic carbocycles. The van der Waals surface area contributed by atoms with Gasteiger partial charge in [-0.3, -0.25) is 0 Å². The molecule has 0 aliphatic carbocycles. The lowest BCUT2D eigenvalue weighted by Gasteiger charge is -2.10. The van der Waals surface area contributed by atoms with Gasteiger partial charge in [0.1, 0.15) is 10.8 Å². The van der Waals surface area contributed by atoms with Gasteiger partial charge in [-0.05, 0) is 12.1 Å². The van der Waals surface area contributed by atoms with Crippen molar-refractivity contribution < 1.29 is 13.2 Å². The molecule has 1 radical (unpaired) electrons. The number of pyridine rings is 1. The lowest BCUT2D eigenvalue weighted by molar-refractivity contribution is -0.143. The fourth-order valence-electron chi connectivity index (χ4n) is 1.21. The predicted octanol–water partition coefficient (Wildman–Crippen LogP) is 3.39. The first-order valence-electron chi connectivity index (χ1n) is 4.25. The van der Waals surface area contributed by atoms with E-state index in [2.05, 4.69) is 10.1 Å². The summed E-state index contributed by atoms with van der Waals surface area (Å²) < 4.78 is 38.4. The highest BCUT2D eigenvalue weighted by atomic mass is 35.5. The van der Waals surface area contributed by atoms with E-state index in [9.17, 15) is 13.2 Å². The molecule has 3 nitrogen and oxygen atoms in total. The second-order valence-electron chi connectivity index (χ2n) is 2.99. The van der Waals surface area contributed by atoms with Crippen LogP contribution in [0.2, 0.25) is 10.3 Å². The standard InChI is InChI=1S/C9H3Cl2F3N3/c10-7-2-1-5(8(11)16-7)17-6(3-4-15-17)9(12,13)14/h1-2,4H. The van der Waals surface area contributed by atoms with E-state index in [0.29, 0.717) is 4.68 Å². The van der Waals surface area contributed by atoms with Crippen molar-refractivity contribution in [2.45, 2.75) is 6.18 Å². The molecule has 2 rings (SSSR count). The zero-order valence-corrected chi connectivity index (χ0v) is 9.48. The molecule has 0 amide bonds. The molecule has 2 heterocycles. The molecule has 0 saturated heterocycles. The van der Waals surface area contributed by atoms with E-state index >= 15 is 0 Å². The maximum atomic E-state index is 12.6. The summed E-state index contributed by atoms with van der Waals surface area (Å²) in [6, 6.07) is 4.62. The summed E-state index contributed by atoms with van der Waals surface area (Å²) >= 11 is 11.3. The Balaban J connectivity index is 2.58. The molecule has 0 fully saturated rings. The highest BCUT2D eigenvalue weighted by Gasteiger charge is 2.35. The summed E-state index contributed by atoms with van der Waals surface area (Å²) in [6.07, 6.45) is -3.66. The van der Waals surface area contributed by atoms with Crippen molar-refractivity contribution >= 4 is 23.2 Å². The van der Waals surface area contributed by atoms with E-state index in [-0.39, 0.29) is 16.0 Å². The minimum absolute atomic E-state index is 0.00959. The Bertz CT molecular complexity index is 551. The van der Waals surface area contributed by atoms with Crippen molar-refractivity contribution in [2.75, 3.05) is 0 Å². The fourth-order valence-corrected chi connectivity index (χ4v) is 1.64. The zero-order valence-electron chi connectivity index (χ0n) is 7.96. The number of rotatable bonds is 1. The lowest BCUT2D eigenvalue weighted by Crippen LogP contribution is -2.13. The second-order valence-corrected chi connectivity index (χ2v) is 3.74. The number of hydrogen-bond donors (Lipinski definition) is 0. The van der Waals surface area contributed by atoms with Crippen LogP contribution in [0.25, 0.3) is 5.69 Å². The van der Waals surface area contributed by atoms with Crippen molar-refractivity contribution in [1.29, 1.82) is 0 Å². The summed E-state index contributed by atoms with van der Waals surface area (Å²) in [5.41, 5.74) is -1.06. The molecule has 0 bridgehead atoms. The van der Waals surface area contributed by atoms with Crippen LogP contribution in [0.5, 0.6) is 0 Å². The molecule has 0 unspecified atom stereocenters. The number of nitrogens with zero attached hydrogens (tertiary/aromatic N) is 3. The fraction of sp³-hybridized carbons (Fsp3) is 0.111. The molecular formula is C9H3Cl2F3N3. The molecule has 0 aliphatic rings. The second kappa shape index (κ2) is 4.19. The van der Waals surface area contributed by atoms with Gasteiger partial charge < -0.3 is 0 Å². The van der Waals surface area contributed by atoms with Crippen LogP contribution < -0.4 is 0 Å². The van der Waals surface area contributed by atoms with Gasteiger partial charge in [-0.1, -0.05) is 23.2 Å². The van der Waals surface area contributed by atoms with Gasteiger partial charge in [-0.25, -0.2) is 9.67 Å². The van der Waals surface area contributed by atoms with Gasteiger partial charge in [0.2, 0.25) is 0 Å². The molecule has 0 atom stereocenters. The molecule has 0 aliphatic heterocycles. The Labute approximate surface area is 104 Å². The summed E-state index contributed by atoms with van der Waals surface area (Å²) in [4.78, 5) is 3.64. The smallest absolute Gasteiger partial charge is 0.225 e. The monoisotopic (exact) mass is 280 g/mol. The average Bonchev–Trinajstić information content (AvgIpc) is 2.65. The van der Waals surface area contributed by atoms with Gasteiger partial charge in [-0.2, -0.15) is 18.3 Å². The van der Waals surface area contributed by atoms with Crippen molar-refractivity contribution in [3.05, 3.63) is 40.4 Å². The summed E-state index contributed by atoms with van der Waals surface area (Å²) in [6.45, 7) is 0. The summed E-state index contributed by atoms with van der Waals surface area (Å²) in [5.74, 6) is 0. The molecule has 89 valence electrons. The molecule has 0 spiro atoms. The number of halogens is 5. The van der Waals surface area contributed by atoms with Crippen LogP contribution in [0.15, 0.2) is 18.3 Å². The SMILES string of the molecule is FC(F)(F)c1[c]cnn1-c1ccc(Cl)nc1Cl. The highest BCUT2D eigenvalue weighted by molar-refractivity contribution is 6.33. The van der Waals surface area contributed by atoms with Gasteiger partial charge >= 0.3 is 6.18 Å². The Kier molecular flexibility index (Phi) is 3.01. The van der Waals surface area contributed by atoms with E-state index in [1.807, 2.05) is 6.07 Å². The summed E-state index contributed by atoms with van der Waals surface area (Å²) in [7, 11) is 0. The maximum Gasteiger partial charge on any atom is 0.434 e. The van der Waals surface area contributed by atoms with Gasteiger partial charge in [-0.15, -0.1) is 0 Å². The predicted molar refractivity (Wildman–Crippen MR) is 55.2 cm³/mol. The topological polar surface area (TPSA) is 30.7 Å². The average molecular weight is 281 g/mol. The largest absolute Gasteiger partial charge is 0.434 e. The molecule has 17 heavy (non-hydrogen) atoms. The van der Waals surface area contributed by atoms with Crippen LogP contribution in [0.1, 0.15) is 5.69 Å². The minimum atomic E-state index is -4.57. The summed E-state index contributed by atoms with van der Waals surface area (Å²) in [5, 5.41) is 3.44. The lowest BCUT2D eigenvalue weighted by atomic mass is 10.3. The van der Waals surface area contributed by atoms with E-state index in [1.54, 1.807) is 0 Å². The van der Waals surface area contributed by atoms with Gasteiger partial charge in [0.25, 0.3) is 0 Å². The third kappa shape index (κ3) is 2.37. The number of hydrogen-bond acceptors (Lipinski definition) is 2. The van der Waals surface area contributed by atoms with Crippen LogP contribution in [0.4, 0.5) is 13.2 Å². The molecule has 2 aromatic rings. The van der Waals surface area contributed by atoms with Crippen LogP contribution in [0, 0.1) is 6.07 Å². The minimum Gasteiger partial charge on any atom is -0.225 e. The Morgan fingerprint density at radius 1 is 1.24 bits per heavy atom. The van der Waals surface area contributed by atoms with Gasteiger partial charge in [0.15, 0.2) is 10.8 Å². The van der Waals surface area contributed by atoms with E-state index in [4.69, 9.17) is 23.2 Å². The molecule has 2 aromatic heterocycles. The van der Waals surface area contributed by atoms with Crippen molar-refractivity contribution in [1.82, 2.24) is 14.8 Å². The Hall–Kier alpha value is -1.27. The van der Waals surface area contributed by atoms with Crippen LogP contribution in [-0.4, -0.2) is 14.8 Å². The van der Waals surface area contributed by atoms with Crippen molar-refractivity contribution in [3.8, 4) is 5.69 Å². The number of alkyl halides is 3. The first-order chi connectivity index (χ1) is 7.89. The molecular weight excluding hydrogens is 278 g/mol. The molecule has 8 heteroatoms. The Morgan fingerprint density at radius 2 is 1.94 bits per heavy atom. The van der Waals surface area contributed by atoms with E-state index in [0.717, 1.165) is 6.20 Å². The first-order valence-corrected chi connectivity index (χ1v) is 5.00. The molecule has 0 N–H and O–H groups in total. The third-order valence-corrected chi connectivity index (χ3v) is 2.37. The van der Waals surface area contributed by atoms with Crippen LogP contribution >= 0.6 is 23.2 Å². The third-order valence-electron chi connectivity index (χ3n) is 1.88. The van der Waals surface area contributed by atoms with E-state index in [1.165, 1.54) is 12.1 Å². The number of aromatic nitrogens is 3. The zero-order chi connectivity index (χ0) is 12.6. The highest BCUT2D eigenvalue weighted by Crippen LogP contribution is 2.31. The Morgan fingerprint density at radius 3 is 2.53 bits per heavy atom. The van der Waals surface area contributed by atoms with Crippen LogP contribution in [0.3, 0.4) is 0 Å². The molecule has 0 saturated carbocycles. The quantitative estimate of drug-likeness (QED) is 0.750. The van der Waals surface area contributed by atoms with Gasteiger partial charge in [0.05, 0.1) is 6.20 Å². The first kappa shape index (κ1) is 12.2.